The number of aliphatic hydroxyl groups excluding tert-OH is 4. The quantitative estimate of drug-likeness (QED) is 0.353. The van der Waals surface area contributed by atoms with Crippen molar-refractivity contribution in [3.63, 3.8) is 0 Å². The molecule has 66 valence electrons. The second-order valence-corrected chi connectivity index (χ2v) is 2.61. The number of rotatable bonds is 1. The molecule has 0 amide bonds. The van der Waals surface area contributed by atoms with Crippen LogP contribution in [0.1, 0.15) is 6.42 Å². The molecule has 0 aromatic carbocycles. The highest BCUT2D eigenvalue weighted by atomic mass is 16.6. The van der Waals surface area contributed by atoms with Crippen molar-refractivity contribution >= 4 is 0 Å². The van der Waals surface area contributed by atoms with Crippen molar-refractivity contribution in [1.82, 2.24) is 0 Å². The normalized spacial score (nSPS) is 45.8. The summed E-state index contributed by atoms with van der Waals surface area (Å²) in [5.74, 6) is 0. The van der Waals surface area contributed by atoms with Crippen molar-refractivity contribution in [2.24, 2.45) is 0 Å². The molecule has 5 heteroatoms. The van der Waals surface area contributed by atoms with Gasteiger partial charge in [0.05, 0.1) is 12.7 Å². The average Bonchev–Trinajstić information content (AvgIpc) is 1.96. The summed E-state index contributed by atoms with van der Waals surface area (Å²) in [5.41, 5.74) is 0. The molecule has 0 radical (unpaired) electrons. The van der Waals surface area contributed by atoms with Gasteiger partial charge in [0.2, 0.25) is 0 Å². The summed E-state index contributed by atoms with van der Waals surface area (Å²) in [5, 5.41) is 35.6. The third-order valence-electron chi connectivity index (χ3n) is 1.73. The van der Waals surface area contributed by atoms with E-state index in [1.807, 2.05) is 0 Å². The summed E-state index contributed by atoms with van der Waals surface area (Å²) in [6, 6.07) is 0. The van der Waals surface area contributed by atoms with E-state index in [4.69, 9.17) is 25.2 Å². The van der Waals surface area contributed by atoms with Crippen LogP contribution in [0.15, 0.2) is 0 Å². The summed E-state index contributed by atoms with van der Waals surface area (Å²) < 4.78 is 4.71. The SMILES string of the molecule is OCC1OC(O)C[C@@H](O)[C@H]1O. The van der Waals surface area contributed by atoms with Crippen molar-refractivity contribution < 1.29 is 25.2 Å². The maximum atomic E-state index is 9.11. The van der Waals surface area contributed by atoms with Gasteiger partial charge in [-0.3, -0.25) is 0 Å². The minimum absolute atomic E-state index is 0.0162. The number of aliphatic hydroxyl groups is 4. The van der Waals surface area contributed by atoms with E-state index >= 15 is 0 Å². The third kappa shape index (κ3) is 1.88. The van der Waals surface area contributed by atoms with Crippen LogP contribution < -0.4 is 0 Å². The van der Waals surface area contributed by atoms with E-state index in [1.54, 1.807) is 0 Å². The highest BCUT2D eigenvalue weighted by Gasteiger charge is 2.35. The summed E-state index contributed by atoms with van der Waals surface area (Å²) in [6.45, 7) is -0.407. The van der Waals surface area contributed by atoms with Crippen LogP contribution in [0.3, 0.4) is 0 Å². The van der Waals surface area contributed by atoms with Crippen LogP contribution >= 0.6 is 0 Å². The summed E-state index contributed by atoms with van der Waals surface area (Å²) in [7, 11) is 0. The minimum Gasteiger partial charge on any atom is -0.394 e. The molecule has 0 bridgehead atoms. The van der Waals surface area contributed by atoms with Crippen LogP contribution in [0.5, 0.6) is 0 Å². The summed E-state index contributed by atoms with van der Waals surface area (Å²) in [4.78, 5) is 0. The van der Waals surface area contributed by atoms with E-state index in [2.05, 4.69) is 0 Å². The molecule has 0 aromatic heterocycles. The fourth-order valence-corrected chi connectivity index (χ4v) is 1.08. The number of ether oxygens (including phenoxy) is 1. The lowest BCUT2D eigenvalue weighted by atomic mass is 10.0. The highest BCUT2D eigenvalue weighted by molar-refractivity contribution is 4.81. The van der Waals surface area contributed by atoms with Crippen molar-refractivity contribution in [2.75, 3.05) is 6.61 Å². The van der Waals surface area contributed by atoms with E-state index in [9.17, 15) is 0 Å². The third-order valence-corrected chi connectivity index (χ3v) is 1.73. The summed E-state index contributed by atoms with van der Waals surface area (Å²) >= 11 is 0. The van der Waals surface area contributed by atoms with Gasteiger partial charge in [0.25, 0.3) is 0 Å². The molecule has 0 spiro atoms. The Labute approximate surface area is 63.8 Å². The Bertz CT molecular complexity index is 128. The zero-order valence-corrected chi connectivity index (χ0v) is 5.92. The molecule has 1 rings (SSSR count). The highest BCUT2D eigenvalue weighted by Crippen LogP contribution is 2.18. The molecule has 4 atom stereocenters. The molecule has 1 aliphatic rings. The van der Waals surface area contributed by atoms with Crippen molar-refractivity contribution in [3.8, 4) is 0 Å². The van der Waals surface area contributed by atoms with Gasteiger partial charge >= 0.3 is 0 Å². The van der Waals surface area contributed by atoms with Gasteiger partial charge in [0, 0.05) is 6.42 Å². The lowest BCUT2D eigenvalue weighted by Crippen LogP contribution is -2.49. The monoisotopic (exact) mass is 164 g/mol. The van der Waals surface area contributed by atoms with E-state index in [0.29, 0.717) is 0 Å². The Morgan fingerprint density at radius 1 is 1.27 bits per heavy atom. The second kappa shape index (κ2) is 3.46. The molecule has 0 aromatic rings. The first-order valence-corrected chi connectivity index (χ1v) is 3.45. The van der Waals surface area contributed by atoms with Gasteiger partial charge in [-0.15, -0.1) is 0 Å². The minimum atomic E-state index is -1.11. The molecule has 4 N–H and O–H groups in total. The molecule has 11 heavy (non-hydrogen) atoms. The standard InChI is InChI=1S/C6H12O5/c7-2-4-6(10)3(8)1-5(9)11-4/h3-10H,1-2H2/t3-,4?,5?,6-/m1/s1. The van der Waals surface area contributed by atoms with Gasteiger partial charge < -0.3 is 25.2 Å². The van der Waals surface area contributed by atoms with Gasteiger partial charge in [-0.25, -0.2) is 0 Å². The predicted molar refractivity (Wildman–Crippen MR) is 34.6 cm³/mol. The molecule has 1 aliphatic heterocycles. The predicted octanol–water partition coefficient (Wildman–Crippen LogP) is -2.19. The molecule has 0 aliphatic carbocycles. The number of hydrogen-bond acceptors (Lipinski definition) is 5. The Balaban J connectivity index is 2.51. The average molecular weight is 164 g/mol. The zero-order valence-electron chi connectivity index (χ0n) is 5.92. The van der Waals surface area contributed by atoms with E-state index in [0.717, 1.165) is 0 Å². The first-order valence-electron chi connectivity index (χ1n) is 3.45. The van der Waals surface area contributed by atoms with Crippen LogP contribution in [0.4, 0.5) is 0 Å². The maximum absolute atomic E-state index is 9.11. The Kier molecular flexibility index (Phi) is 2.80. The van der Waals surface area contributed by atoms with Crippen LogP contribution in [0, 0.1) is 0 Å². The topological polar surface area (TPSA) is 90.2 Å². The molecular formula is C6H12O5. The van der Waals surface area contributed by atoms with Gasteiger partial charge in [-0.05, 0) is 0 Å². The van der Waals surface area contributed by atoms with Crippen LogP contribution in [0.25, 0.3) is 0 Å². The molecule has 0 saturated carbocycles. The van der Waals surface area contributed by atoms with Crippen LogP contribution in [-0.2, 0) is 4.74 Å². The molecule has 2 unspecified atom stereocenters. The Hall–Kier alpha value is -0.200. The Morgan fingerprint density at radius 3 is 2.45 bits per heavy atom. The van der Waals surface area contributed by atoms with E-state index < -0.39 is 31.2 Å². The lowest BCUT2D eigenvalue weighted by Gasteiger charge is -2.33. The van der Waals surface area contributed by atoms with Gasteiger partial charge in [0.1, 0.15) is 12.2 Å². The molecule has 5 nitrogen and oxygen atoms in total. The second-order valence-electron chi connectivity index (χ2n) is 2.61. The first-order chi connectivity index (χ1) is 5.15. The fraction of sp³-hybridized carbons (Fsp3) is 1.00. The summed E-state index contributed by atoms with van der Waals surface area (Å²) in [6.07, 6.45) is -4.11. The zero-order chi connectivity index (χ0) is 8.43. The van der Waals surface area contributed by atoms with Crippen LogP contribution in [0.2, 0.25) is 0 Å². The number of hydrogen-bond donors (Lipinski definition) is 4. The van der Waals surface area contributed by atoms with E-state index in [-0.39, 0.29) is 6.42 Å². The molecular weight excluding hydrogens is 152 g/mol. The largest absolute Gasteiger partial charge is 0.394 e. The van der Waals surface area contributed by atoms with Crippen molar-refractivity contribution in [3.05, 3.63) is 0 Å². The van der Waals surface area contributed by atoms with E-state index in [1.165, 1.54) is 0 Å². The fourth-order valence-electron chi connectivity index (χ4n) is 1.08. The smallest absolute Gasteiger partial charge is 0.157 e. The lowest BCUT2D eigenvalue weighted by molar-refractivity contribution is -0.239. The van der Waals surface area contributed by atoms with Gasteiger partial charge in [-0.2, -0.15) is 0 Å². The maximum Gasteiger partial charge on any atom is 0.157 e. The molecule has 1 fully saturated rings. The van der Waals surface area contributed by atoms with Crippen molar-refractivity contribution in [1.29, 1.82) is 0 Å². The molecule has 1 heterocycles. The molecule has 1 saturated heterocycles. The van der Waals surface area contributed by atoms with Crippen LogP contribution in [-0.4, -0.2) is 51.6 Å². The first kappa shape index (κ1) is 8.89. The van der Waals surface area contributed by atoms with Gasteiger partial charge in [-0.1, -0.05) is 0 Å². The van der Waals surface area contributed by atoms with Crippen molar-refractivity contribution in [2.45, 2.75) is 31.0 Å². The van der Waals surface area contributed by atoms with Gasteiger partial charge in [0.15, 0.2) is 6.29 Å². The Morgan fingerprint density at radius 2 is 1.91 bits per heavy atom.